The van der Waals surface area contributed by atoms with Crippen molar-refractivity contribution >= 4 is 35.6 Å². The highest BCUT2D eigenvalue weighted by atomic mass is 35.5. The van der Waals surface area contributed by atoms with Crippen LogP contribution in [0.25, 0.3) is 0 Å². The summed E-state index contributed by atoms with van der Waals surface area (Å²) >= 11 is 0. The van der Waals surface area contributed by atoms with Crippen LogP contribution in [0, 0.1) is 0 Å². The number of halogens is 1. The van der Waals surface area contributed by atoms with Gasteiger partial charge >= 0.3 is 0 Å². The number of aliphatic hydroxyl groups is 2. The number of fused-ring (bicyclic) bond motifs is 3. The predicted molar refractivity (Wildman–Crippen MR) is 183 cm³/mol. The van der Waals surface area contributed by atoms with E-state index in [1.165, 1.54) is 32.2 Å². The molecule has 1 amide bonds. The van der Waals surface area contributed by atoms with Crippen molar-refractivity contribution in [2.24, 2.45) is 10.8 Å². The molecule has 1 saturated heterocycles. The highest BCUT2D eigenvalue weighted by Crippen LogP contribution is 2.52. The molecule has 1 heterocycles. The van der Waals surface area contributed by atoms with Crippen LogP contribution in [0.1, 0.15) is 98.6 Å². The minimum absolute atomic E-state index is 0. The molecule has 1 fully saturated rings. The van der Waals surface area contributed by atoms with E-state index < -0.39 is 76.3 Å². The standard InChI is InChI=1S/C36H39N3O10.ClH/c1-5-18-9-11-19(12-10-18)35(45)39-38-17(3)36(46)14-21-27(24(15-36)49-25-13-22(37)30(40)16(2)48-25)34(44)29-28(32(21)42)31(41)20-7-6-8-23(47-4)26(20)33(29)43;/h6-12,16,22,24-25,30,40,42,44,46H,5,13-15,37H2,1-4H3,(H,39,45);1H/t16?,22?,24-,25?,30?,36-;/m0./s1. The summed E-state index contributed by atoms with van der Waals surface area (Å²) in [6, 6.07) is 10.7. The van der Waals surface area contributed by atoms with Crippen LogP contribution in [-0.2, 0) is 22.3 Å². The minimum atomic E-state index is -1.89. The van der Waals surface area contributed by atoms with Gasteiger partial charge in [0.1, 0.15) is 22.8 Å². The second kappa shape index (κ2) is 14.1. The maximum atomic E-state index is 13.9. The molecule has 266 valence electrons. The van der Waals surface area contributed by atoms with E-state index in [4.69, 9.17) is 19.9 Å². The Bertz CT molecular complexity index is 1870. The van der Waals surface area contributed by atoms with Gasteiger partial charge in [-0.05, 0) is 44.0 Å². The van der Waals surface area contributed by atoms with Crippen molar-refractivity contribution in [2.75, 3.05) is 7.11 Å². The summed E-state index contributed by atoms with van der Waals surface area (Å²) in [4.78, 5) is 40.7. The number of carbonyl (C=O) groups is 3. The van der Waals surface area contributed by atoms with E-state index in [0.717, 1.165) is 12.0 Å². The van der Waals surface area contributed by atoms with Gasteiger partial charge in [-0.3, -0.25) is 14.4 Å². The number of ether oxygens (including phenoxy) is 3. The lowest BCUT2D eigenvalue weighted by atomic mass is 9.71. The Labute approximate surface area is 294 Å². The molecular formula is C36H40ClN3O10. The molecule has 0 spiro atoms. The number of phenols is 2. The molecule has 14 heteroatoms. The van der Waals surface area contributed by atoms with Gasteiger partial charge in [-0.25, -0.2) is 5.43 Å². The molecule has 3 aromatic carbocycles. The third-order valence-corrected chi connectivity index (χ3v) is 9.77. The minimum Gasteiger partial charge on any atom is -0.507 e. The van der Waals surface area contributed by atoms with Crippen molar-refractivity contribution in [3.05, 3.63) is 87.0 Å². The molecule has 7 N–H and O–H groups in total. The first-order chi connectivity index (χ1) is 23.3. The molecule has 3 aliphatic rings. The molecule has 3 aromatic rings. The highest BCUT2D eigenvalue weighted by molar-refractivity contribution is 6.31. The summed E-state index contributed by atoms with van der Waals surface area (Å²) < 4.78 is 17.5. The van der Waals surface area contributed by atoms with Crippen LogP contribution >= 0.6 is 12.4 Å². The molecule has 50 heavy (non-hydrogen) atoms. The number of nitrogens with zero attached hydrogens (tertiary/aromatic N) is 1. The number of benzene rings is 3. The normalized spacial score (nSPS) is 25.9. The van der Waals surface area contributed by atoms with Gasteiger partial charge < -0.3 is 40.4 Å². The van der Waals surface area contributed by atoms with E-state index in [9.17, 15) is 34.8 Å². The van der Waals surface area contributed by atoms with Crippen LogP contribution in [0.2, 0.25) is 0 Å². The lowest BCUT2D eigenvalue weighted by molar-refractivity contribution is -0.245. The van der Waals surface area contributed by atoms with Gasteiger partial charge in [-0.2, -0.15) is 5.10 Å². The van der Waals surface area contributed by atoms with Crippen LogP contribution < -0.4 is 15.9 Å². The fourth-order valence-corrected chi connectivity index (χ4v) is 6.86. The van der Waals surface area contributed by atoms with Gasteiger partial charge in [0, 0.05) is 47.6 Å². The van der Waals surface area contributed by atoms with Crippen LogP contribution in [0.4, 0.5) is 0 Å². The molecule has 1 aliphatic heterocycles. The van der Waals surface area contributed by atoms with E-state index in [0.29, 0.717) is 5.56 Å². The van der Waals surface area contributed by atoms with Crippen molar-refractivity contribution in [1.29, 1.82) is 0 Å². The zero-order valence-corrected chi connectivity index (χ0v) is 28.7. The lowest BCUT2D eigenvalue weighted by Gasteiger charge is -2.42. The van der Waals surface area contributed by atoms with E-state index >= 15 is 0 Å². The number of hydrogen-bond acceptors (Lipinski definition) is 12. The van der Waals surface area contributed by atoms with Gasteiger partial charge in [0.2, 0.25) is 5.78 Å². The van der Waals surface area contributed by atoms with Crippen LogP contribution in [0.5, 0.6) is 17.2 Å². The molecule has 2 aliphatic carbocycles. The number of nitrogens with two attached hydrogens (primary N) is 1. The van der Waals surface area contributed by atoms with Crippen LogP contribution in [0.3, 0.4) is 0 Å². The number of aliphatic hydroxyl groups excluding tert-OH is 1. The molecule has 0 bridgehead atoms. The zero-order valence-electron chi connectivity index (χ0n) is 27.9. The monoisotopic (exact) mass is 709 g/mol. The van der Waals surface area contributed by atoms with E-state index in [1.807, 2.05) is 19.1 Å². The number of aromatic hydroxyl groups is 2. The SMILES string of the molecule is CCc1ccc(C(=O)NN=C(C)[C@]2(O)Cc3c(O)c4c(c(O)c3[C@@H](OC3CC(N)C(O)C(C)O3)C2)C(=O)c2c(OC)cccc2C4=O)cc1.Cl. The molecule has 13 nitrogen and oxygen atoms in total. The average molecular weight is 710 g/mol. The maximum absolute atomic E-state index is 13.9. The first-order valence-corrected chi connectivity index (χ1v) is 16.1. The Morgan fingerprint density at radius 1 is 1.08 bits per heavy atom. The fourth-order valence-electron chi connectivity index (χ4n) is 6.86. The third-order valence-electron chi connectivity index (χ3n) is 9.77. The summed E-state index contributed by atoms with van der Waals surface area (Å²) in [5.74, 6) is -3.07. The second-order valence-corrected chi connectivity index (χ2v) is 12.8. The van der Waals surface area contributed by atoms with Crippen molar-refractivity contribution in [2.45, 2.75) is 82.7 Å². The number of nitrogens with one attached hydrogen (secondary N) is 1. The summed E-state index contributed by atoms with van der Waals surface area (Å²) in [5.41, 5.74) is 7.17. The van der Waals surface area contributed by atoms with Crippen LogP contribution in [-0.4, -0.2) is 80.9 Å². The number of carbonyl (C=O) groups excluding carboxylic acids is 3. The van der Waals surface area contributed by atoms with Gasteiger partial charge in [0.05, 0.1) is 47.8 Å². The van der Waals surface area contributed by atoms with Crippen LogP contribution in [0.15, 0.2) is 47.6 Å². The average Bonchev–Trinajstić information content (AvgIpc) is 3.09. The van der Waals surface area contributed by atoms with Crippen molar-refractivity contribution in [1.82, 2.24) is 5.43 Å². The smallest absolute Gasteiger partial charge is 0.271 e. The highest BCUT2D eigenvalue weighted by Gasteiger charge is 2.49. The lowest BCUT2D eigenvalue weighted by Crippen LogP contribution is -2.52. The number of hydrogen-bond donors (Lipinski definition) is 6. The summed E-state index contributed by atoms with van der Waals surface area (Å²) in [6.45, 7) is 5.11. The molecule has 4 unspecified atom stereocenters. The van der Waals surface area contributed by atoms with Crippen molar-refractivity contribution in [3.63, 3.8) is 0 Å². The molecule has 6 atom stereocenters. The number of aryl methyl sites for hydroxylation is 1. The Hall–Kier alpha value is -4.37. The summed E-state index contributed by atoms with van der Waals surface area (Å²) in [7, 11) is 1.35. The van der Waals surface area contributed by atoms with Gasteiger partial charge in [-0.15, -0.1) is 12.4 Å². The van der Waals surface area contributed by atoms with Gasteiger partial charge in [-0.1, -0.05) is 31.2 Å². The largest absolute Gasteiger partial charge is 0.507 e. The molecule has 0 aromatic heterocycles. The summed E-state index contributed by atoms with van der Waals surface area (Å²) in [6.07, 6.45) is -3.71. The molecular weight excluding hydrogens is 670 g/mol. The van der Waals surface area contributed by atoms with Gasteiger partial charge in [0.25, 0.3) is 5.91 Å². The quantitative estimate of drug-likeness (QED) is 0.0932. The van der Waals surface area contributed by atoms with E-state index in [-0.39, 0.29) is 65.4 Å². The number of phenolic OH excluding ortho intramolecular Hbond substituents is 2. The molecule has 0 radical (unpaired) electrons. The Morgan fingerprint density at radius 2 is 1.76 bits per heavy atom. The topological polar surface area (TPSA) is 210 Å². The zero-order chi connectivity index (χ0) is 35.4. The van der Waals surface area contributed by atoms with Gasteiger partial charge in [0.15, 0.2) is 12.1 Å². The Kier molecular flexibility index (Phi) is 10.4. The number of methoxy groups -OCH3 is 1. The Morgan fingerprint density at radius 3 is 2.40 bits per heavy atom. The third kappa shape index (κ3) is 6.25. The second-order valence-electron chi connectivity index (χ2n) is 12.8. The maximum Gasteiger partial charge on any atom is 0.271 e. The number of ketones is 2. The first kappa shape index (κ1) is 36.9. The first-order valence-electron chi connectivity index (χ1n) is 16.1. The number of rotatable bonds is 7. The molecule has 6 rings (SSSR count). The predicted octanol–water partition coefficient (Wildman–Crippen LogP) is 3.23. The fraction of sp³-hybridized carbons (Fsp3) is 0.389. The number of hydrazone groups is 1. The van der Waals surface area contributed by atoms with E-state index in [1.54, 1.807) is 19.1 Å². The summed E-state index contributed by atoms with van der Waals surface area (Å²) in [5, 5.41) is 50.2. The van der Waals surface area contributed by atoms with Crippen molar-refractivity contribution < 1.29 is 49.0 Å². The number of amides is 1. The Balaban J connectivity index is 0.00000486. The van der Waals surface area contributed by atoms with Crippen molar-refractivity contribution in [3.8, 4) is 17.2 Å². The molecule has 0 saturated carbocycles. The van der Waals surface area contributed by atoms with E-state index in [2.05, 4.69) is 10.5 Å².